The smallest absolute Gasteiger partial charge is 0.0594 e. The quantitative estimate of drug-likeness (QED) is 0.411. The first-order valence-corrected chi connectivity index (χ1v) is 14.4. The minimum absolute atomic E-state index is 0.0358. The van der Waals surface area contributed by atoms with Gasteiger partial charge in [0.25, 0.3) is 0 Å². The van der Waals surface area contributed by atoms with Crippen LogP contribution in [0.3, 0.4) is 0 Å². The average molecular weight is 455 g/mol. The van der Waals surface area contributed by atoms with E-state index in [9.17, 15) is 5.11 Å². The molecule has 3 saturated carbocycles. The van der Waals surface area contributed by atoms with Crippen molar-refractivity contribution < 1.29 is 5.11 Å². The molecule has 0 aromatic heterocycles. The number of aliphatic hydroxyl groups excluding tert-OH is 1. The number of allylic oxidation sites excluding steroid dienone is 4. The zero-order chi connectivity index (χ0) is 24.4. The van der Waals surface area contributed by atoms with Gasteiger partial charge < -0.3 is 5.11 Å². The molecule has 0 bridgehead atoms. The highest BCUT2D eigenvalue weighted by atomic mass is 16.3. The Bertz CT molecular complexity index is 801. The van der Waals surface area contributed by atoms with E-state index in [1.807, 2.05) is 5.57 Å². The van der Waals surface area contributed by atoms with Crippen LogP contribution in [0.2, 0.25) is 0 Å². The highest BCUT2D eigenvalue weighted by molar-refractivity contribution is 5.32. The summed E-state index contributed by atoms with van der Waals surface area (Å²) in [6.45, 7) is 22.1. The molecular formula is C32H54O. The Morgan fingerprint density at radius 2 is 1.70 bits per heavy atom. The van der Waals surface area contributed by atoms with Crippen molar-refractivity contribution in [3.05, 3.63) is 23.3 Å². The van der Waals surface area contributed by atoms with Gasteiger partial charge in [0.15, 0.2) is 0 Å². The first kappa shape index (κ1) is 25.5. The van der Waals surface area contributed by atoms with Crippen molar-refractivity contribution in [2.45, 2.75) is 126 Å². The molecular weight excluding hydrogens is 400 g/mol. The SMILES string of the molecule is C/C=C(/CCC(C)C1CCC2(C)C3CCC4C(C)(CCC(O)C4(C)C)C3=CCC12C)C(C)C. The molecule has 1 nitrogen and oxygen atoms in total. The summed E-state index contributed by atoms with van der Waals surface area (Å²) in [4.78, 5) is 0. The Hall–Kier alpha value is -0.560. The van der Waals surface area contributed by atoms with Gasteiger partial charge in [-0.1, -0.05) is 78.7 Å². The Morgan fingerprint density at radius 3 is 2.33 bits per heavy atom. The normalized spacial score (nSPS) is 45.8. The second-order valence-corrected chi connectivity index (χ2v) is 14.4. The summed E-state index contributed by atoms with van der Waals surface area (Å²) in [5.41, 5.74) is 4.65. The van der Waals surface area contributed by atoms with Crippen LogP contribution in [0, 0.1) is 51.2 Å². The standard InChI is InChI=1S/C32H54O/c1-10-23(21(2)3)12-11-22(4)24-15-19-32(9)26-13-14-27-29(5,6)28(33)17-18-30(27,7)25(26)16-20-31(24,32)8/h10,16,21-22,24,26-28,33H,11-15,17-20H2,1-9H3/b23-10-. The summed E-state index contributed by atoms with van der Waals surface area (Å²) in [7, 11) is 0. The monoisotopic (exact) mass is 454 g/mol. The van der Waals surface area contributed by atoms with E-state index in [1.165, 1.54) is 51.4 Å². The van der Waals surface area contributed by atoms with Crippen molar-refractivity contribution in [2.24, 2.45) is 51.2 Å². The van der Waals surface area contributed by atoms with E-state index >= 15 is 0 Å². The van der Waals surface area contributed by atoms with Gasteiger partial charge in [0, 0.05) is 0 Å². The van der Waals surface area contributed by atoms with Crippen LogP contribution in [0.15, 0.2) is 23.3 Å². The lowest BCUT2D eigenvalue weighted by atomic mass is 9.41. The molecule has 0 saturated heterocycles. The fourth-order valence-corrected chi connectivity index (χ4v) is 10.0. The van der Waals surface area contributed by atoms with Crippen molar-refractivity contribution in [1.82, 2.24) is 0 Å². The molecule has 1 N–H and O–H groups in total. The van der Waals surface area contributed by atoms with Crippen LogP contribution in [0.5, 0.6) is 0 Å². The number of rotatable bonds is 5. The summed E-state index contributed by atoms with van der Waals surface area (Å²) in [6, 6.07) is 0. The molecule has 8 atom stereocenters. The van der Waals surface area contributed by atoms with Gasteiger partial charge >= 0.3 is 0 Å². The minimum atomic E-state index is -0.137. The number of hydrogen-bond donors (Lipinski definition) is 1. The predicted molar refractivity (Wildman–Crippen MR) is 142 cm³/mol. The molecule has 1 heteroatoms. The second kappa shape index (κ2) is 8.53. The van der Waals surface area contributed by atoms with E-state index in [4.69, 9.17) is 0 Å². The van der Waals surface area contributed by atoms with Crippen LogP contribution in [0.25, 0.3) is 0 Å². The maximum absolute atomic E-state index is 10.8. The van der Waals surface area contributed by atoms with E-state index in [0.29, 0.717) is 22.7 Å². The third-order valence-corrected chi connectivity index (χ3v) is 12.5. The molecule has 0 heterocycles. The van der Waals surface area contributed by atoms with Crippen LogP contribution in [0.1, 0.15) is 120 Å². The van der Waals surface area contributed by atoms with Gasteiger partial charge in [-0.05, 0) is 116 Å². The van der Waals surface area contributed by atoms with E-state index in [-0.39, 0.29) is 16.9 Å². The predicted octanol–water partition coefficient (Wildman–Crippen LogP) is 8.97. The number of hydrogen-bond acceptors (Lipinski definition) is 1. The van der Waals surface area contributed by atoms with Crippen molar-refractivity contribution in [2.75, 3.05) is 0 Å². The third kappa shape index (κ3) is 3.65. The first-order valence-electron chi connectivity index (χ1n) is 14.4. The summed E-state index contributed by atoms with van der Waals surface area (Å²) in [5, 5.41) is 10.8. The van der Waals surface area contributed by atoms with Crippen LogP contribution >= 0.6 is 0 Å². The van der Waals surface area contributed by atoms with Crippen molar-refractivity contribution in [1.29, 1.82) is 0 Å². The fourth-order valence-electron chi connectivity index (χ4n) is 10.0. The second-order valence-electron chi connectivity index (χ2n) is 14.4. The van der Waals surface area contributed by atoms with E-state index in [1.54, 1.807) is 5.57 Å². The van der Waals surface area contributed by atoms with Gasteiger partial charge in [-0.3, -0.25) is 0 Å². The molecule has 3 fully saturated rings. The van der Waals surface area contributed by atoms with Crippen molar-refractivity contribution >= 4 is 0 Å². The van der Waals surface area contributed by atoms with Gasteiger partial charge in [0.05, 0.1) is 6.10 Å². The maximum atomic E-state index is 10.8. The van der Waals surface area contributed by atoms with E-state index in [2.05, 4.69) is 74.5 Å². The number of fused-ring (bicyclic) bond motifs is 5. The Balaban J connectivity index is 1.60. The maximum Gasteiger partial charge on any atom is 0.0594 e. The highest BCUT2D eigenvalue weighted by Gasteiger charge is 2.65. The zero-order valence-electron chi connectivity index (χ0n) is 23.4. The molecule has 4 rings (SSSR count). The zero-order valence-corrected chi connectivity index (χ0v) is 23.4. The van der Waals surface area contributed by atoms with E-state index in [0.717, 1.165) is 24.2 Å². The lowest BCUT2D eigenvalue weighted by molar-refractivity contribution is -0.118. The molecule has 0 radical (unpaired) electrons. The molecule has 0 aromatic carbocycles. The Labute approximate surface area is 205 Å². The molecule has 0 spiro atoms. The fraction of sp³-hybridized carbons (Fsp3) is 0.875. The van der Waals surface area contributed by atoms with Gasteiger partial charge in [-0.25, -0.2) is 0 Å². The van der Waals surface area contributed by atoms with Gasteiger partial charge in [-0.2, -0.15) is 0 Å². The molecule has 4 aliphatic rings. The summed E-state index contributed by atoms with van der Waals surface area (Å²) in [6.07, 6.45) is 16.5. The molecule has 188 valence electrons. The van der Waals surface area contributed by atoms with Crippen LogP contribution in [-0.2, 0) is 0 Å². The van der Waals surface area contributed by atoms with Crippen LogP contribution < -0.4 is 0 Å². The van der Waals surface area contributed by atoms with Crippen molar-refractivity contribution in [3.8, 4) is 0 Å². The lowest BCUT2D eigenvalue weighted by Crippen LogP contribution is -2.57. The van der Waals surface area contributed by atoms with Gasteiger partial charge in [-0.15, -0.1) is 0 Å². The van der Waals surface area contributed by atoms with E-state index < -0.39 is 0 Å². The van der Waals surface area contributed by atoms with Crippen molar-refractivity contribution in [3.63, 3.8) is 0 Å². The van der Waals surface area contributed by atoms with Gasteiger partial charge in [0.2, 0.25) is 0 Å². The average Bonchev–Trinajstić information content (AvgIpc) is 3.03. The largest absolute Gasteiger partial charge is 0.393 e. The topological polar surface area (TPSA) is 20.2 Å². The van der Waals surface area contributed by atoms with Crippen LogP contribution in [-0.4, -0.2) is 11.2 Å². The summed E-state index contributed by atoms with van der Waals surface area (Å²) >= 11 is 0. The lowest BCUT2D eigenvalue weighted by Gasteiger charge is -2.64. The van der Waals surface area contributed by atoms with Gasteiger partial charge in [0.1, 0.15) is 0 Å². The molecule has 0 amide bonds. The first-order chi connectivity index (χ1) is 15.3. The Kier molecular flexibility index (Phi) is 6.60. The highest BCUT2D eigenvalue weighted by Crippen LogP contribution is 2.73. The molecule has 0 aromatic rings. The van der Waals surface area contributed by atoms with Crippen LogP contribution in [0.4, 0.5) is 0 Å². The summed E-state index contributed by atoms with van der Waals surface area (Å²) in [5.74, 6) is 3.70. The molecule has 4 aliphatic carbocycles. The summed E-state index contributed by atoms with van der Waals surface area (Å²) < 4.78 is 0. The third-order valence-electron chi connectivity index (χ3n) is 12.5. The Morgan fingerprint density at radius 1 is 1.00 bits per heavy atom. The molecule has 33 heavy (non-hydrogen) atoms. The number of aliphatic hydroxyl groups is 1. The molecule has 0 aliphatic heterocycles. The molecule has 8 unspecified atom stereocenters. The minimum Gasteiger partial charge on any atom is -0.393 e.